The zero-order chi connectivity index (χ0) is 14.5. The predicted molar refractivity (Wildman–Crippen MR) is 84.0 cm³/mol. The van der Waals surface area contributed by atoms with E-state index in [1.807, 2.05) is 0 Å². The number of hydrogen-bond donors (Lipinski definition) is 1. The summed E-state index contributed by atoms with van der Waals surface area (Å²) in [6.07, 6.45) is 0.493. The van der Waals surface area contributed by atoms with Gasteiger partial charge >= 0.3 is 0 Å². The normalized spacial score (nSPS) is 19.2. The van der Waals surface area contributed by atoms with Crippen LogP contribution >= 0.6 is 0 Å². The SMILES string of the molecule is CCN1CCN(CCC(O)c2ccc(C)c(C)c2)CC1. The standard InChI is InChI=1S/C17H28N2O/c1-4-18-9-11-19(12-10-18)8-7-17(20)16-6-5-14(2)15(3)13-16/h5-6,13,17,20H,4,7-12H2,1-3H3. The molecular formula is C17H28N2O. The maximum atomic E-state index is 10.3. The first-order valence-corrected chi connectivity index (χ1v) is 7.80. The lowest BCUT2D eigenvalue weighted by atomic mass is 10.0. The molecule has 1 unspecified atom stereocenters. The van der Waals surface area contributed by atoms with Crippen LogP contribution in [0.5, 0.6) is 0 Å². The van der Waals surface area contributed by atoms with Crippen molar-refractivity contribution in [2.24, 2.45) is 0 Å². The zero-order valence-electron chi connectivity index (χ0n) is 13.1. The third-order valence-electron chi connectivity index (χ3n) is 4.55. The quantitative estimate of drug-likeness (QED) is 0.894. The van der Waals surface area contributed by atoms with Gasteiger partial charge in [-0.05, 0) is 43.5 Å². The molecule has 1 aromatic carbocycles. The average Bonchev–Trinajstić information content (AvgIpc) is 2.48. The summed E-state index contributed by atoms with van der Waals surface area (Å²) in [4.78, 5) is 4.95. The predicted octanol–water partition coefficient (Wildman–Crippen LogP) is 2.36. The summed E-state index contributed by atoms with van der Waals surface area (Å²) in [7, 11) is 0. The third-order valence-corrected chi connectivity index (χ3v) is 4.55. The Balaban J connectivity index is 1.80. The highest BCUT2D eigenvalue weighted by atomic mass is 16.3. The van der Waals surface area contributed by atoms with E-state index < -0.39 is 0 Å². The maximum Gasteiger partial charge on any atom is 0.0802 e. The first-order valence-electron chi connectivity index (χ1n) is 7.80. The van der Waals surface area contributed by atoms with Crippen molar-refractivity contribution in [1.29, 1.82) is 0 Å². The van der Waals surface area contributed by atoms with Gasteiger partial charge in [0.2, 0.25) is 0 Å². The monoisotopic (exact) mass is 276 g/mol. The van der Waals surface area contributed by atoms with Gasteiger partial charge < -0.3 is 14.9 Å². The fraction of sp³-hybridized carbons (Fsp3) is 0.647. The van der Waals surface area contributed by atoms with Crippen LogP contribution in [0.2, 0.25) is 0 Å². The summed E-state index contributed by atoms with van der Waals surface area (Å²) in [6.45, 7) is 13.2. The fourth-order valence-electron chi connectivity index (χ4n) is 2.77. The first-order chi connectivity index (χ1) is 9.60. The Morgan fingerprint density at radius 3 is 2.30 bits per heavy atom. The van der Waals surface area contributed by atoms with Crippen molar-refractivity contribution in [3.63, 3.8) is 0 Å². The lowest BCUT2D eigenvalue weighted by molar-refractivity contribution is 0.105. The maximum absolute atomic E-state index is 10.3. The molecule has 1 aliphatic heterocycles. The summed E-state index contributed by atoms with van der Waals surface area (Å²) in [5.74, 6) is 0. The van der Waals surface area contributed by atoms with Crippen LogP contribution in [-0.4, -0.2) is 54.2 Å². The molecule has 0 aromatic heterocycles. The van der Waals surface area contributed by atoms with Crippen molar-refractivity contribution >= 4 is 0 Å². The molecule has 1 fully saturated rings. The Bertz CT molecular complexity index is 425. The van der Waals surface area contributed by atoms with Gasteiger partial charge in [-0.25, -0.2) is 0 Å². The van der Waals surface area contributed by atoms with Gasteiger partial charge in [-0.15, -0.1) is 0 Å². The molecule has 0 bridgehead atoms. The van der Waals surface area contributed by atoms with Crippen molar-refractivity contribution in [2.75, 3.05) is 39.3 Å². The van der Waals surface area contributed by atoms with Crippen LogP contribution in [0.4, 0.5) is 0 Å². The highest BCUT2D eigenvalue weighted by Gasteiger charge is 2.17. The Morgan fingerprint density at radius 1 is 1.05 bits per heavy atom. The number of piperazine rings is 1. The van der Waals surface area contributed by atoms with Crippen LogP contribution in [0, 0.1) is 13.8 Å². The van der Waals surface area contributed by atoms with Gasteiger partial charge in [0.15, 0.2) is 0 Å². The number of aliphatic hydroxyl groups is 1. The van der Waals surface area contributed by atoms with E-state index in [2.05, 4.69) is 48.8 Å². The van der Waals surface area contributed by atoms with E-state index in [1.54, 1.807) is 0 Å². The molecule has 3 heteroatoms. The van der Waals surface area contributed by atoms with Gasteiger partial charge in [-0.3, -0.25) is 0 Å². The van der Waals surface area contributed by atoms with Crippen LogP contribution in [0.25, 0.3) is 0 Å². The van der Waals surface area contributed by atoms with Crippen molar-refractivity contribution in [1.82, 2.24) is 9.80 Å². The Kier molecular flexibility index (Phi) is 5.58. The molecule has 0 spiro atoms. The summed E-state index contributed by atoms with van der Waals surface area (Å²) >= 11 is 0. The molecule has 1 atom stereocenters. The van der Waals surface area contributed by atoms with E-state index in [9.17, 15) is 5.11 Å². The van der Waals surface area contributed by atoms with Crippen molar-refractivity contribution in [2.45, 2.75) is 33.3 Å². The number of hydrogen-bond acceptors (Lipinski definition) is 3. The van der Waals surface area contributed by atoms with Crippen molar-refractivity contribution in [3.05, 3.63) is 34.9 Å². The molecule has 1 saturated heterocycles. The molecule has 20 heavy (non-hydrogen) atoms. The lowest BCUT2D eigenvalue weighted by Gasteiger charge is -2.34. The largest absolute Gasteiger partial charge is 0.388 e. The van der Waals surface area contributed by atoms with Gasteiger partial charge in [0, 0.05) is 32.7 Å². The van der Waals surface area contributed by atoms with Crippen LogP contribution in [0.3, 0.4) is 0 Å². The Hall–Kier alpha value is -0.900. The molecular weight excluding hydrogens is 248 g/mol. The summed E-state index contributed by atoms with van der Waals surface area (Å²) < 4.78 is 0. The Morgan fingerprint density at radius 2 is 1.70 bits per heavy atom. The summed E-state index contributed by atoms with van der Waals surface area (Å²) in [6, 6.07) is 6.28. The van der Waals surface area contributed by atoms with E-state index in [4.69, 9.17) is 0 Å². The molecule has 0 amide bonds. The molecule has 2 rings (SSSR count). The van der Waals surface area contributed by atoms with Gasteiger partial charge in [0.05, 0.1) is 6.10 Å². The van der Waals surface area contributed by atoms with E-state index in [0.717, 1.165) is 51.3 Å². The van der Waals surface area contributed by atoms with E-state index in [-0.39, 0.29) is 6.10 Å². The summed E-state index contributed by atoms with van der Waals surface area (Å²) in [5.41, 5.74) is 3.61. The van der Waals surface area contributed by atoms with Gasteiger partial charge in [0.25, 0.3) is 0 Å². The molecule has 0 saturated carbocycles. The zero-order valence-corrected chi connectivity index (χ0v) is 13.1. The van der Waals surface area contributed by atoms with E-state index >= 15 is 0 Å². The Labute approximate surface area is 123 Å². The molecule has 112 valence electrons. The highest BCUT2D eigenvalue weighted by Crippen LogP contribution is 2.20. The lowest BCUT2D eigenvalue weighted by Crippen LogP contribution is -2.46. The van der Waals surface area contributed by atoms with Crippen LogP contribution in [0.15, 0.2) is 18.2 Å². The van der Waals surface area contributed by atoms with Crippen molar-refractivity contribution < 1.29 is 5.11 Å². The van der Waals surface area contributed by atoms with Crippen LogP contribution in [0.1, 0.15) is 36.1 Å². The number of aliphatic hydroxyl groups excluding tert-OH is 1. The average molecular weight is 276 g/mol. The van der Waals surface area contributed by atoms with Crippen LogP contribution in [-0.2, 0) is 0 Å². The smallest absolute Gasteiger partial charge is 0.0802 e. The number of nitrogens with zero attached hydrogens (tertiary/aromatic N) is 2. The molecule has 1 N–H and O–H groups in total. The molecule has 0 radical (unpaired) electrons. The van der Waals surface area contributed by atoms with E-state index in [0.29, 0.717) is 0 Å². The molecule has 1 aromatic rings. The van der Waals surface area contributed by atoms with Crippen molar-refractivity contribution in [3.8, 4) is 0 Å². The minimum absolute atomic E-state index is 0.335. The molecule has 1 heterocycles. The minimum Gasteiger partial charge on any atom is -0.388 e. The second-order valence-corrected chi connectivity index (χ2v) is 5.92. The molecule has 0 aliphatic carbocycles. The molecule has 1 aliphatic rings. The van der Waals surface area contributed by atoms with E-state index in [1.165, 1.54) is 11.1 Å². The first kappa shape index (κ1) is 15.5. The van der Waals surface area contributed by atoms with Gasteiger partial charge in [-0.2, -0.15) is 0 Å². The number of rotatable bonds is 5. The molecule has 3 nitrogen and oxygen atoms in total. The highest BCUT2D eigenvalue weighted by molar-refractivity contribution is 5.31. The number of likely N-dealkylation sites (N-methyl/N-ethyl adjacent to an activating group) is 1. The second-order valence-electron chi connectivity index (χ2n) is 5.92. The van der Waals surface area contributed by atoms with Crippen LogP contribution < -0.4 is 0 Å². The van der Waals surface area contributed by atoms with Gasteiger partial charge in [-0.1, -0.05) is 25.1 Å². The minimum atomic E-state index is -0.335. The fourth-order valence-corrected chi connectivity index (χ4v) is 2.77. The topological polar surface area (TPSA) is 26.7 Å². The van der Waals surface area contributed by atoms with Gasteiger partial charge in [0.1, 0.15) is 0 Å². The number of benzene rings is 1. The summed E-state index contributed by atoms with van der Waals surface area (Å²) in [5, 5.41) is 10.3. The number of aryl methyl sites for hydroxylation is 2. The third kappa shape index (κ3) is 4.05. The second kappa shape index (κ2) is 7.21.